The summed E-state index contributed by atoms with van der Waals surface area (Å²) in [6.45, 7) is 0.480. The largest absolute Gasteiger partial charge is 0.461 e. The van der Waals surface area contributed by atoms with E-state index >= 15 is 0 Å². The molecule has 1 heterocycles. The number of ether oxygens (including phenoxy) is 1. The van der Waals surface area contributed by atoms with E-state index in [4.69, 9.17) is 10.5 Å². The van der Waals surface area contributed by atoms with Crippen molar-refractivity contribution in [3.05, 3.63) is 11.9 Å². The zero-order chi connectivity index (χ0) is 11.5. The first-order chi connectivity index (χ1) is 7.68. The van der Waals surface area contributed by atoms with Crippen LogP contribution in [0.5, 0.6) is 0 Å². The molecule has 0 unspecified atom stereocenters. The topological polar surface area (TPSA) is 70.1 Å². The van der Waals surface area contributed by atoms with Crippen LogP contribution in [0.4, 0.5) is 5.69 Å². The van der Waals surface area contributed by atoms with Crippen LogP contribution in [0.2, 0.25) is 0 Å². The van der Waals surface area contributed by atoms with Crippen molar-refractivity contribution in [1.29, 1.82) is 0 Å². The summed E-state index contributed by atoms with van der Waals surface area (Å²) in [5.74, 6) is 0.369. The third kappa shape index (κ3) is 2.18. The molecular weight excluding hydrogens is 206 g/mol. The van der Waals surface area contributed by atoms with Gasteiger partial charge in [0.05, 0.1) is 18.5 Å². The zero-order valence-corrected chi connectivity index (χ0v) is 9.48. The number of rotatable bonds is 4. The molecule has 88 valence electrons. The van der Waals surface area contributed by atoms with Crippen molar-refractivity contribution < 1.29 is 9.53 Å². The molecule has 1 saturated carbocycles. The third-order valence-electron chi connectivity index (χ3n) is 3.14. The Hall–Kier alpha value is -1.52. The highest BCUT2D eigenvalue weighted by atomic mass is 16.5. The van der Waals surface area contributed by atoms with Crippen LogP contribution in [0.3, 0.4) is 0 Å². The van der Waals surface area contributed by atoms with E-state index in [-0.39, 0.29) is 5.97 Å². The summed E-state index contributed by atoms with van der Waals surface area (Å²) in [5, 5.41) is 3.90. The molecule has 5 heteroatoms. The van der Waals surface area contributed by atoms with Gasteiger partial charge in [-0.2, -0.15) is 5.10 Å². The molecule has 2 rings (SSSR count). The summed E-state index contributed by atoms with van der Waals surface area (Å²) >= 11 is 0. The third-order valence-corrected chi connectivity index (χ3v) is 3.14. The summed E-state index contributed by atoms with van der Waals surface area (Å²) < 4.78 is 6.62. The first-order valence-electron chi connectivity index (χ1n) is 5.63. The standard InChI is InChI=1S/C11H17N3O2/c1-14-10(9(12)7-13-14)11(15)16-6-5-8-3-2-4-8/h7-8H,2-6,12H2,1H3. The lowest BCUT2D eigenvalue weighted by molar-refractivity contribution is 0.0453. The van der Waals surface area contributed by atoms with Crippen molar-refractivity contribution >= 4 is 11.7 Å². The Morgan fingerprint density at radius 3 is 2.94 bits per heavy atom. The maximum absolute atomic E-state index is 11.7. The lowest BCUT2D eigenvalue weighted by Crippen LogP contribution is -2.17. The SMILES string of the molecule is Cn1ncc(N)c1C(=O)OCCC1CCC1. The molecule has 1 aromatic rings. The van der Waals surface area contributed by atoms with Gasteiger partial charge in [-0.25, -0.2) is 4.79 Å². The molecule has 5 nitrogen and oxygen atoms in total. The van der Waals surface area contributed by atoms with E-state index in [9.17, 15) is 4.79 Å². The predicted octanol–water partition coefficient (Wildman–Crippen LogP) is 1.35. The van der Waals surface area contributed by atoms with Crippen LogP contribution in [0.25, 0.3) is 0 Å². The normalized spacial score (nSPS) is 15.8. The van der Waals surface area contributed by atoms with Gasteiger partial charge < -0.3 is 10.5 Å². The molecule has 2 N–H and O–H groups in total. The van der Waals surface area contributed by atoms with E-state index in [1.807, 2.05) is 0 Å². The molecule has 0 radical (unpaired) electrons. The first kappa shape index (κ1) is 11.0. The highest BCUT2D eigenvalue weighted by Gasteiger charge is 2.19. The Morgan fingerprint density at radius 2 is 2.44 bits per heavy atom. The second-order valence-corrected chi connectivity index (χ2v) is 4.29. The number of esters is 1. The maximum Gasteiger partial charge on any atom is 0.358 e. The lowest BCUT2D eigenvalue weighted by Gasteiger charge is -2.24. The molecule has 0 spiro atoms. The average molecular weight is 223 g/mol. The number of hydrogen-bond acceptors (Lipinski definition) is 4. The van der Waals surface area contributed by atoms with Gasteiger partial charge in [-0.15, -0.1) is 0 Å². The van der Waals surface area contributed by atoms with Gasteiger partial charge in [-0.05, 0) is 12.3 Å². The van der Waals surface area contributed by atoms with Gasteiger partial charge >= 0.3 is 5.97 Å². The maximum atomic E-state index is 11.7. The van der Waals surface area contributed by atoms with Crippen LogP contribution < -0.4 is 5.73 Å². The van der Waals surface area contributed by atoms with E-state index in [0.29, 0.717) is 18.0 Å². The van der Waals surface area contributed by atoms with E-state index in [2.05, 4.69) is 5.10 Å². The summed E-state index contributed by atoms with van der Waals surface area (Å²) in [4.78, 5) is 11.7. The monoisotopic (exact) mass is 223 g/mol. The molecule has 0 aromatic carbocycles. The minimum atomic E-state index is -0.378. The molecule has 0 bridgehead atoms. The lowest BCUT2D eigenvalue weighted by atomic mass is 9.83. The van der Waals surface area contributed by atoms with Gasteiger partial charge in [0.15, 0.2) is 5.69 Å². The molecule has 0 amide bonds. The molecule has 16 heavy (non-hydrogen) atoms. The fraction of sp³-hybridized carbons (Fsp3) is 0.636. The summed E-state index contributed by atoms with van der Waals surface area (Å²) in [5.41, 5.74) is 6.34. The minimum absolute atomic E-state index is 0.341. The van der Waals surface area contributed by atoms with Crippen LogP contribution >= 0.6 is 0 Å². The van der Waals surface area contributed by atoms with Gasteiger partial charge in [-0.3, -0.25) is 4.68 Å². The number of nitrogen functional groups attached to an aromatic ring is 1. The molecule has 1 fully saturated rings. The number of aromatic nitrogens is 2. The number of nitrogens with zero attached hydrogens (tertiary/aromatic N) is 2. The van der Waals surface area contributed by atoms with Crippen molar-refractivity contribution in [2.24, 2.45) is 13.0 Å². The Labute approximate surface area is 94.6 Å². The number of hydrogen-bond donors (Lipinski definition) is 1. The number of carbonyl (C=O) groups excluding carboxylic acids is 1. The van der Waals surface area contributed by atoms with Crippen LogP contribution in [0.1, 0.15) is 36.2 Å². The Balaban J connectivity index is 1.83. The molecule has 1 aliphatic rings. The number of nitrogens with two attached hydrogens (primary N) is 1. The molecule has 0 atom stereocenters. The summed E-state index contributed by atoms with van der Waals surface area (Å²) in [6, 6.07) is 0. The Morgan fingerprint density at radius 1 is 1.69 bits per heavy atom. The summed E-state index contributed by atoms with van der Waals surface area (Å²) in [6.07, 6.45) is 6.27. The van der Waals surface area contributed by atoms with Crippen molar-refractivity contribution in [2.45, 2.75) is 25.7 Å². The number of aryl methyl sites for hydroxylation is 1. The first-order valence-corrected chi connectivity index (χ1v) is 5.63. The molecular formula is C11H17N3O2. The van der Waals surface area contributed by atoms with Crippen LogP contribution in [-0.4, -0.2) is 22.4 Å². The van der Waals surface area contributed by atoms with Crippen LogP contribution in [0, 0.1) is 5.92 Å². The average Bonchev–Trinajstić information content (AvgIpc) is 2.50. The zero-order valence-electron chi connectivity index (χ0n) is 9.48. The molecule has 0 aliphatic heterocycles. The summed E-state index contributed by atoms with van der Waals surface area (Å²) in [7, 11) is 1.68. The van der Waals surface area contributed by atoms with Gasteiger partial charge in [0.2, 0.25) is 0 Å². The van der Waals surface area contributed by atoms with Crippen molar-refractivity contribution in [2.75, 3.05) is 12.3 Å². The second kappa shape index (κ2) is 4.55. The van der Waals surface area contributed by atoms with E-state index in [1.54, 1.807) is 7.05 Å². The van der Waals surface area contributed by atoms with Gasteiger partial charge in [0.25, 0.3) is 0 Å². The van der Waals surface area contributed by atoms with E-state index in [0.717, 1.165) is 12.3 Å². The second-order valence-electron chi connectivity index (χ2n) is 4.29. The number of anilines is 1. The highest BCUT2D eigenvalue weighted by Crippen LogP contribution is 2.29. The van der Waals surface area contributed by atoms with Crippen LogP contribution in [-0.2, 0) is 11.8 Å². The van der Waals surface area contributed by atoms with E-state index < -0.39 is 0 Å². The van der Waals surface area contributed by atoms with Gasteiger partial charge in [0, 0.05) is 7.05 Å². The molecule has 1 aliphatic carbocycles. The van der Waals surface area contributed by atoms with E-state index in [1.165, 1.54) is 30.1 Å². The predicted molar refractivity (Wildman–Crippen MR) is 59.9 cm³/mol. The smallest absolute Gasteiger partial charge is 0.358 e. The Kier molecular flexibility index (Phi) is 3.12. The van der Waals surface area contributed by atoms with Crippen LogP contribution in [0.15, 0.2) is 6.20 Å². The van der Waals surface area contributed by atoms with Crippen molar-refractivity contribution in [3.63, 3.8) is 0 Å². The number of carbonyl (C=O) groups is 1. The van der Waals surface area contributed by atoms with Gasteiger partial charge in [0.1, 0.15) is 0 Å². The van der Waals surface area contributed by atoms with Crippen molar-refractivity contribution in [3.8, 4) is 0 Å². The minimum Gasteiger partial charge on any atom is -0.461 e. The fourth-order valence-corrected chi connectivity index (χ4v) is 1.87. The van der Waals surface area contributed by atoms with Gasteiger partial charge in [-0.1, -0.05) is 19.3 Å². The molecule has 0 saturated heterocycles. The Bertz CT molecular complexity index is 363. The fourth-order valence-electron chi connectivity index (χ4n) is 1.87. The molecule has 1 aromatic heterocycles. The quantitative estimate of drug-likeness (QED) is 0.782. The highest BCUT2D eigenvalue weighted by molar-refractivity contribution is 5.92. The van der Waals surface area contributed by atoms with Crippen molar-refractivity contribution in [1.82, 2.24) is 9.78 Å².